The van der Waals surface area contributed by atoms with Crippen LogP contribution in [-0.4, -0.2) is 51.0 Å². The minimum Gasteiger partial charge on any atom is -0.480 e. The van der Waals surface area contributed by atoms with Gasteiger partial charge >= 0.3 is 18.0 Å². The lowest BCUT2D eigenvalue weighted by Gasteiger charge is -2.29. The number of esters is 2. The second kappa shape index (κ2) is 12.4. The molecular formula is C28H37NO7S. The number of rotatable bonds is 8. The van der Waals surface area contributed by atoms with Crippen molar-refractivity contribution in [3.05, 3.63) is 34.7 Å². The number of benzene rings is 1. The average Bonchev–Trinajstić information content (AvgIpc) is 3.20. The maximum atomic E-state index is 12.7. The van der Waals surface area contributed by atoms with Gasteiger partial charge in [-0.3, -0.25) is 4.90 Å². The zero-order valence-electron chi connectivity index (χ0n) is 22.5. The van der Waals surface area contributed by atoms with E-state index in [4.69, 9.17) is 18.9 Å². The number of anilines is 1. The Bertz CT molecular complexity index is 1110. The number of ether oxygens (including phenoxy) is 4. The van der Waals surface area contributed by atoms with Gasteiger partial charge in [-0.25, -0.2) is 14.4 Å². The van der Waals surface area contributed by atoms with Gasteiger partial charge in [0.25, 0.3) is 0 Å². The van der Waals surface area contributed by atoms with Gasteiger partial charge in [0, 0.05) is 22.7 Å². The van der Waals surface area contributed by atoms with E-state index in [1.54, 1.807) is 25.7 Å². The second-order valence-corrected chi connectivity index (χ2v) is 11.2. The first-order chi connectivity index (χ1) is 17.5. The van der Waals surface area contributed by atoms with Crippen molar-refractivity contribution in [2.45, 2.75) is 65.4 Å². The van der Waals surface area contributed by atoms with E-state index < -0.39 is 23.6 Å². The predicted octanol–water partition coefficient (Wildman–Crippen LogP) is 6.38. The van der Waals surface area contributed by atoms with Crippen molar-refractivity contribution in [1.82, 2.24) is 0 Å². The Hall–Kier alpha value is -3.07. The SMILES string of the molecule is COC(=O)c1sc(-c2cccc(N(CC3CCCCC3)C(=O)OC)c2)c(C)c1OCC(=O)OC(C)(C)C. The number of thiophene rings is 1. The van der Waals surface area contributed by atoms with E-state index in [0.717, 1.165) is 29.0 Å². The molecule has 0 radical (unpaired) electrons. The van der Waals surface area contributed by atoms with Gasteiger partial charge in [0.1, 0.15) is 11.4 Å². The Morgan fingerprint density at radius 3 is 2.38 bits per heavy atom. The largest absolute Gasteiger partial charge is 0.480 e. The number of carbonyl (C=O) groups excluding carboxylic acids is 3. The van der Waals surface area contributed by atoms with Crippen LogP contribution in [0.25, 0.3) is 10.4 Å². The molecule has 1 aromatic carbocycles. The molecule has 1 heterocycles. The zero-order valence-corrected chi connectivity index (χ0v) is 23.4. The number of hydrogen-bond acceptors (Lipinski definition) is 8. The third kappa shape index (κ3) is 7.47. The first kappa shape index (κ1) is 28.5. The second-order valence-electron chi connectivity index (χ2n) is 10.2. The van der Waals surface area contributed by atoms with Crippen LogP contribution in [0.2, 0.25) is 0 Å². The van der Waals surface area contributed by atoms with Gasteiger partial charge in [-0.1, -0.05) is 31.4 Å². The molecule has 1 aliphatic rings. The fourth-order valence-electron chi connectivity index (χ4n) is 4.52. The number of nitrogens with zero attached hydrogens (tertiary/aromatic N) is 1. The van der Waals surface area contributed by atoms with Gasteiger partial charge in [-0.15, -0.1) is 11.3 Å². The minimum absolute atomic E-state index is 0.260. The van der Waals surface area contributed by atoms with Crippen molar-refractivity contribution in [3.8, 4) is 16.2 Å². The molecular weight excluding hydrogens is 494 g/mol. The van der Waals surface area contributed by atoms with Crippen molar-refractivity contribution in [1.29, 1.82) is 0 Å². The lowest BCUT2D eigenvalue weighted by molar-refractivity contribution is -0.157. The first-order valence-electron chi connectivity index (χ1n) is 12.6. The summed E-state index contributed by atoms with van der Waals surface area (Å²) in [6.45, 7) is 7.41. The molecule has 0 unspecified atom stereocenters. The molecule has 0 aliphatic heterocycles. The van der Waals surface area contributed by atoms with Crippen molar-refractivity contribution in [3.63, 3.8) is 0 Å². The van der Waals surface area contributed by atoms with Crippen LogP contribution in [0.1, 0.15) is 68.1 Å². The van der Waals surface area contributed by atoms with Crippen LogP contribution in [0.3, 0.4) is 0 Å². The highest BCUT2D eigenvalue weighted by Gasteiger charge is 2.27. The Morgan fingerprint density at radius 1 is 1.05 bits per heavy atom. The van der Waals surface area contributed by atoms with Gasteiger partial charge < -0.3 is 18.9 Å². The molecule has 1 amide bonds. The maximum absolute atomic E-state index is 12.7. The van der Waals surface area contributed by atoms with E-state index in [1.807, 2.05) is 31.2 Å². The summed E-state index contributed by atoms with van der Waals surface area (Å²) in [6.07, 6.45) is 5.38. The summed E-state index contributed by atoms with van der Waals surface area (Å²) < 4.78 is 21.2. The molecule has 0 atom stereocenters. The number of hydrogen-bond donors (Lipinski definition) is 0. The van der Waals surface area contributed by atoms with Crippen molar-refractivity contribution >= 4 is 35.1 Å². The molecule has 9 heteroatoms. The maximum Gasteiger partial charge on any atom is 0.414 e. The normalized spacial score (nSPS) is 14.1. The van der Waals surface area contributed by atoms with Crippen LogP contribution in [-0.2, 0) is 19.0 Å². The highest BCUT2D eigenvalue weighted by molar-refractivity contribution is 7.18. The predicted molar refractivity (Wildman–Crippen MR) is 143 cm³/mol. The number of methoxy groups -OCH3 is 2. The molecule has 2 aromatic rings. The minimum atomic E-state index is -0.649. The van der Waals surface area contributed by atoms with Crippen LogP contribution >= 0.6 is 11.3 Å². The standard InChI is InChI=1S/C28H37NO7S/c1-18-23(35-17-22(30)36-28(2,3)4)25(26(31)33-5)37-24(18)20-13-10-14-21(15-20)29(27(32)34-6)16-19-11-8-7-9-12-19/h10,13-15,19H,7-9,11-12,16-17H2,1-6H3. The summed E-state index contributed by atoms with van der Waals surface area (Å²) in [5.74, 6) is -0.369. The summed E-state index contributed by atoms with van der Waals surface area (Å²) in [6, 6.07) is 7.58. The molecule has 1 saturated carbocycles. The van der Waals surface area contributed by atoms with Crippen molar-refractivity contribution in [2.75, 3.05) is 32.3 Å². The fourth-order valence-corrected chi connectivity index (χ4v) is 5.68. The molecule has 1 aromatic heterocycles. The molecule has 1 fully saturated rings. The third-order valence-corrected chi connectivity index (χ3v) is 7.50. The van der Waals surface area contributed by atoms with Crippen LogP contribution in [0, 0.1) is 12.8 Å². The Balaban J connectivity index is 1.93. The molecule has 3 rings (SSSR count). The van der Waals surface area contributed by atoms with Crippen LogP contribution in [0.15, 0.2) is 24.3 Å². The fraction of sp³-hybridized carbons (Fsp3) is 0.536. The van der Waals surface area contributed by atoms with Gasteiger partial charge in [-0.05, 0) is 64.2 Å². The Labute approximate surface area is 222 Å². The van der Waals surface area contributed by atoms with Crippen LogP contribution < -0.4 is 9.64 Å². The summed E-state index contributed by atoms with van der Waals surface area (Å²) in [7, 11) is 2.69. The molecule has 0 bridgehead atoms. The third-order valence-electron chi connectivity index (χ3n) is 6.20. The van der Waals surface area contributed by atoms with E-state index >= 15 is 0 Å². The van der Waals surface area contributed by atoms with E-state index in [-0.39, 0.29) is 17.2 Å². The molecule has 0 spiro atoms. The van der Waals surface area contributed by atoms with Gasteiger partial charge in [-0.2, -0.15) is 0 Å². The van der Waals surface area contributed by atoms with Gasteiger partial charge in [0.2, 0.25) is 0 Å². The van der Waals surface area contributed by atoms with Gasteiger partial charge in [0.15, 0.2) is 11.5 Å². The summed E-state index contributed by atoms with van der Waals surface area (Å²) in [4.78, 5) is 40.2. The Kier molecular flexibility index (Phi) is 9.59. The lowest BCUT2D eigenvalue weighted by atomic mass is 9.89. The monoisotopic (exact) mass is 531 g/mol. The average molecular weight is 532 g/mol. The molecule has 202 valence electrons. The molecule has 0 N–H and O–H groups in total. The summed E-state index contributed by atoms with van der Waals surface area (Å²) in [5, 5.41) is 0. The zero-order chi connectivity index (χ0) is 27.2. The highest BCUT2D eigenvalue weighted by Crippen LogP contribution is 2.42. The van der Waals surface area contributed by atoms with E-state index in [0.29, 0.717) is 18.0 Å². The molecule has 37 heavy (non-hydrogen) atoms. The smallest absolute Gasteiger partial charge is 0.414 e. The Morgan fingerprint density at radius 2 is 1.76 bits per heavy atom. The molecule has 8 nitrogen and oxygen atoms in total. The summed E-state index contributed by atoms with van der Waals surface area (Å²) in [5.41, 5.74) is 1.58. The number of amides is 1. The van der Waals surface area contributed by atoms with E-state index in [2.05, 4.69) is 0 Å². The number of carbonyl (C=O) groups is 3. The van der Waals surface area contributed by atoms with Crippen LogP contribution in [0.4, 0.5) is 10.5 Å². The van der Waals surface area contributed by atoms with Crippen molar-refractivity contribution in [2.24, 2.45) is 5.92 Å². The lowest BCUT2D eigenvalue weighted by Crippen LogP contribution is -2.36. The van der Waals surface area contributed by atoms with Gasteiger partial charge in [0.05, 0.1) is 14.2 Å². The molecule has 1 aliphatic carbocycles. The quantitative estimate of drug-likeness (QED) is 0.288. The van der Waals surface area contributed by atoms with Crippen molar-refractivity contribution < 1.29 is 33.3 Å². The van der Waals surface area contributed by atoms with E-state index in [1.165, 1.54) is 44.8 Å². The van der Waals surface area contributed by atoms with Crippen LogP contribution in [0.5, 0.6) is 5.75 Å². The molecule has 0 saturated heterocycles. The topological polar surface area (TPSA) is 91.4 Å². The highest BCUT2D eigenvalue weighted by atomic mass is 32.1. The first-order valence-corrected chi connectivity index (χ1v) is 13.4. The summed E-state index contributed by atoms with van der Waals surface area (Å²) >= 11 is 1.22. The van der Waals surface area contributed by atoms with E-state index in [9.17, 15) is 14.4 Å².